The quantitative estimate of drug-likeness (QED) is 0.319. The minimum atomic E-state index is -0.624. The van der Waals surface area contributed by atoms with Crippen LogP contribution in [-0.4, -0.2) is 22.4 Å². The van der Waals surface area contributed by atoms with Gasteiger partial charge < -0.3 is 19.6 Å². The lowest BCUT2D eigenvalue weighted by Gasteiger charge is -2.23. The topological polar surface area (TPSA) is 116 Å². The smallest absolute Gasteiger partial charge is 0.339 e. The van der Waals surface area contributed by atoms with Gasteiger partial charge in [-0.1, -0.05) is 36.7 Å². The molecule has 1 aliphatic heterocycles. The van der Waals surface area contributed by atoms with E-state index in [2.05, 4.69) is 11.2 Å². The zero-order valence-corrected chi connectivity index (χ0v) is 21.0. The second-order valence-electron chi connectivity index (χ2n) is 8.51. The van der Waals surface area contributed by atoms with Gasteiger partial charge in [0.05, 0.1) is 40.1 Å². The fraction of sp³-hybridized carbons (Fsp3) is 0.179. The first-order valence-corrected chi connectivity index (χ1v) is 12.1. The van der Waals surface area contributed by atoms with E-state index in [9.17, 15) is 10.1 Å². The number of allylic oxidation sites excluding steroid dienone is 1. The van der Waals surface area contributed by atoms with E-state index in [1.54, 1.807) is 35.0 Å². The number of hydrogen-bond acceptors (Lipinski definition) is 7. The van der Waals surface area contributed by atoms with Crippen molar-refractivity contribution in [3.8, 4) is 29.0 Å². The van der Waals surface area contributed by atoms with Crippen molar-refractivity contribution >= 4 is 17.6 Å². The Morgan fingerprint density at radius 1 is 1.22 bits per heavy atom. The monoisotopic (exact) mass is 514 g/mol. The molecule has 3 heterocycles. The fourth-order valence-corrected chi connectivity index (χ4v) is 4.51. The lowest BCUT2D eigenvalue weighted by atomic mass is 9.88. The summed E-state index contributed by atoms with van der Waals surface area (Å²) in [6, 6.07) is 20.3. The molecule has 1 unspecified atom stereocenters. The van der Waals surface area contributed by atoms with Crippen molar-refractivity contribution in [1.82, 2.24) is 9.78 Å². The van der Waals surface area contributed by atoms with E-state index >= 15 is 0 Å². The normalized spacial score (nSPS) is 14.6. The number of esters is 1. The molecule has 0 radical (unpaired) electrons. The van der Waals surface area contributed by atoms with E-state index in [0.29, 0.717) is 47.2 Å². The molecule has 0 saturated carbocycles. The summed E-state index contributed by atoms with van der Waals surface area (Å²) in [7, 11) is 0. The number of aromatic nitrogens is 2. The number of ether oxygens (including phenoxy) is 2. The van der Waals surface area contributed by atoms with Crippen LogP contribution in [0.3, 0.4) is 0 Å². The summed E-state index contributed by atoms with van der Waals surface area (Å²) in [5.41, 5.74) is 9.48. The van der Waals surface area contributed by atoms with Crippen molar-refractivity contribution in [2.75, 3.05) is 6.61 Å². The van der Waals surface area contributed by atoms with Gasteiger partial charge in [-0.25, -0.2) is 9.48 Å². The van der Waals surface area contributed by atoms with E-state index in [0.717, 1.165) is 5.69 Å². The molecule has 4 aromatic rings. The minimum absolute atomic E-state index is 0.0116. The Kier molecular flexibility index (Phi) is 6.47. The van der Waals surface area contributed by atoms with Gasteiger partial charge in [0.25, 0.3) is 0 Å². The van der Waals surface area contributed by atoms with E-state index in [-0.39, 0.29) is 22.0 Å². The first-order valence-electron chi connectivity index (χ1n) is 11.7. The van der Waals surface area contributed by atoms with Crippen LogP contribution in [0.1, 0.15) is 46.6 Å². The highest BCUT2D eigenvalue weighted by molar-refractivity contribution is 6.33. The predicted molar refractivity (Wildman–Crippen MR) is 137 cm³/mol. The van der Waals surface area contributed by atoms with Crippen molar-refractivity contribution in [1.29, 1.82) is 5.26 Å². The third-order valence-electron chi connectivity index (χ3n) is 6.05. The molecule has 0 saturated heterocycles. The van der Waals surface area contributed by atoms with Crippen LogP contribution >= 0.6 is 11.6 Å². The van der Waals surface area contributed by atoms with Crippen LogP contribution in [-0.2, 0) is 4.74 Å². The Morgan fingerprint density at radius 2 is 2.00 bits per heavy atom. The Balaban J connectivity index is 1.57. The summed E-state index contributed by atoms with van der Waals surface area (Å²) < 4.78 is 19.1. The van der Waals surface area contributed by atoms with Gasteiger partial charge in [-0.15, -0.1) is 0 Å². The zero-order chi connectivity index (χ0) is 26.1. The lowest BCUT2D eigenvalue weighted by Crippen LogP contribution is -2.21. The van der Waals surface area contributed by atoms with Crippen LogP contribution in [0.5, 0.6) is 5.88 Å². The number of halogens is 1. The highest BCUT2D eigenvalue weighted by Crippen LogP contribution is 2.45. The molecule has 5 rings (SSSR count). The molecule has 186 valence electrons. The molecule has 2 aromatic carbocycles. The average Bonchev–Trinajstić information content (AvgIpc) is 3.52. The van der Waals surface area contributed by atoms with Crippen LogP contribution in [0.25, 0.3) is 17.0 Å². The molecule has 37 heavy (non-hydrogen) atoms. The van der Waals surface area contributed by atoms with Crippen molar-refractivity contribution in [3.05, 3.63) is 99.7 Å². The van der Waals surface area contributed by atoms with Crippen LogP contribution in [0.15, 0.2) is 76.5 Å². The molecule has 9 heteroatoms. The van der Waals surface area contributed by atoms with E-state index in [1.165, 1.54) is 0 Å². The Morgan fingerprint density at radius 3 is 2.73 bits per heavy atom. The molecule has 0 fully saturated rings. The fourth-order valence-electron chi connectivity index (χ4n) is 4.31. The Hall–Kier alpha value is -4.48. The summed E-state index contributed by atoms with van der Waals surface area (Å²) in [5, 5.41) is 14.9. The third kappa shape index (κ3) is 4.34. The van der Waals surface area contributed by atoms with Gasteiger partial charge in [0.1, 0.15) is 23.2 Å². The van der Waals surface area contributed by atoms with Crippen molar-refractivity contribution in [2.24, 2.45) is 5.73 Å². The maximum absolute atomic E-state index is 12.5. The molecule has 0 bridgehead atoms. The molecule has 0 amide bonds. The number of rotatable bonds is 6. The number of nitrogens with two attached hydrogens (primary N) is 1. The number of furan rings is 1. The number of benzene rings is 2. The van der Waals surface area contributed by atoms with E-state index in [1.807, 2.05) is 44.2 Å². The number of aryl methyl sites for hydroxylation is 1. The number of nitrogens with zero attached hydrogens (tertiary/aromatic N) is 3. The molecular formula is C28H23ClN4O4. The van der Waals surface area contributed by atoms with Crippen LogP contribution < -0.4 is 10.5 Å². The molecule has 2 N–H and O–H groups in total. The van der Waals surface area contributed by atoms with E-state index < -0.39 is 11.9 Å². The predicted octanol–water partition coefficient (Wildman–Crippen LogP) is 5.88. The molecule has 1 aliphatic rings. The summed E-state index contributed by atoms with van der Waals surface area (Å²) in [5.74, 6) is 0.272. The molecule has 1 atom stereocenters. The number of carbonyl (C=O) groups is 1. The first-order chi connectivity index (χ1) is 17.9. The van der Waals surface area contributed by atoms with Crippen LogP contribution in [0, 0.1) is 18.3 Å². The van der Waals surface area contributed by atoms with Crippen molar-refractivity contribution in [2.45, 2.75) is 26.2 Å². The summed E-state index contributed by atoms with van der Waals surface area (Å²) in [6.07, 6.45) is 0.704. The van der Waals surface area contributed by atoms with Gasteiger partial charge in [-0.05, 0) is 55.8 Å². The summed E-state index contributed by atoms with van der Waals surface area (Å²) in [4.78, 5) is 12.5. The third-order valence-corrected chi connectivity index (χ3v) is 6.38. The van der Waals surface area contributed by atoms with Gasteiger partial charge in [-0.3, -0.25) is 0 Å². The van der Waals surface area contributed by atoms with Gasteiger partial charge in [-0.2, -0.15) is 10.4 Å². The number of carbonyl (C=O) groups excluding carboxylic acids is 1. The molecule has 8 nitrogen and oxygen atoms in total. The molecular weight excluding hydrogens is 492 g/mol. The Labute approximate surface area is 218 Å². The van der Waals surface area contributed by atoms with E-state index in [4.69, 9.17) is 31.2 Å². The second kappa shape index (κ2) is 9.88. The average molecular weight is 515 g/mol. The number of nitriles is 1. The summed E-state index contributed by atoms with van der Waals surface area (Å²) in [6.45, 7) is 4.07. The highest BCUT2D eigenvalue weighted by Gasteiger charge is 2.38. The molecule has 2 aromatic heterocycles. The summed E-state index contributed by atoms with van der Waals surface area (Å²) >= 11 is 6.25. The Bertz CT molecular complexity index is 1560. The minimum Gasteiger partial charge on any atom is -0.462 e. The molecule has 0 aliphatic carbocycles. The number of hydrogen-bond donors (Lipinski definition) is 1. The van der Waals surface area contributed by atoms with Crippen molar-refractivity contribution < 1.29 is 18.7 Å². The SMILES string of the molecule is CCCOC(=O)c1cc(-c2ccc(C3C(C#N)=C(N)Oc4c3c(C)nn4-c3ccccc3)o2)ccc1Cl. The van der Waals surface area contributed by atoms with Gasteiger partial charge in [0, 0.05) is 5.56 Å². The molecule has 0 spiro atoms. The highest BCUT2D eigenvalue weighted by atomic mass is 35.5. The first kappa shape index (κ1) is 24.2. The number of fused-ring (bicyclic) bond motifs is 1. The van der Waals surface area contributed by atoms with Crippen LogP contribution in [0.4, 0.5) is 0 Å². The standard InChI is InChI=1S/C28H23ClN4O4/c1-3-13-35-28(34)19-14-17(9-10-21(19)29)22-11-12-23(36-22)25-20(15-30)26(31)37-27-24(25)16(2)32-33(27)18-7-5-4-6-8-18/h4-12,14,25H,3,13,31H2,1-2H3. The number of para-hydroxylation sites is 1. The second-order valence-corrected chi connectivity index (χ2v) is 8.92. The van der Waals surface area contributed by atoms with Gasteiger partial charge in [0.15, 0.2) is 0 Å². The van der Waals surface area contributed by atoms with Gasteiger partial charge in [0.2, 0.25) is 11.8 Å². The maximum Gasteiger partial charge on any atom is 0.339 e. The maximum atomic E-state index is 12.5. The van der Waals surface area contributed by atoms with Crippen molar-refractivity contribution in [3.63, 3.8) is 0 Å². The van der Waals surface area contributed by atoms with Crippen LogP contribution in [0.2, 0.25) is 5.02 Å². The van der Waals surface area contributed by atoms with Gasteiger partial charge >= 0.3 is 5.97 Å². The largest absolute Gasteiger partial charge is 0.462 e. The zero-order valence-electron chi connectivity index (χ0n) is 20.2. The lowest BCUT2D eigenvalue weighted by molar-refractivity contribution is 0.0505.